The molecule has 1 unspecified atom stereocenters. The Balaban J connectivity index is 0.00000341. The number of nitrogens with one attached hydrogen (secondary N) is 2. The zero-order valence-corrected chi connectivity index (χ0v) is 20.8. The van der Waals surface area contributed by atoms with Crippen LogP contribution in [-0.4, -0.2) is 59.1 Å². The topological polar surface area (TPSA) is 67.4 Å². The number of guanidine groups is 1. The third-order valence-electron chi connectivity index (χ3n) is 4.97. The average Bonchev–Trinajstić information content (AvgIpc) is 2.80. The zero-order chi connectivity index (χ0) is 21.2. The van der Waals surface area contributed by atoms with Crippen LogP contribution >= 0.6 is 24.0 Å². The molecule has 3 rings (SSSR count). The Kier molecular flexibility index (Phi) is 10.7. The minimum Gasteiger partial charge on any atom is -0.493 e. The summed E-state index contributed by atoms with van der Waals surface area (Å²) in [7, 11) is 3.42. The first-order valence-corrected chi connectivity index (χ1v) is 10.4. The van der Waals surface area contributed by atoms with E-state index in [0.717, 1.165) is 43.8 Å². The van der Waals surface area contributed by atoms with E-state index in [0.29, 0.717) is 13.1 Å². The van der Waals surface area contributed by atoms with Gasteiger partial charge in [-0.2, -0.15) is 0 Å². The molecule has 0 bridgehead atoms. The van der Waals surface area contributed by atoms with Crippen LogP contribution in [0.3, 0.4) is 0 Å². The predicted octanol–water partition coefficient (Wildman–Crippen LogP) is 3.28. The van der Waals surface area contributed by atoms with Crippen LogP contribution < -0.4 is 25.0 Å². The van der Waals surface area contributed by atoms with Crippen molar-refractivity contribution in [1.82, 2.24) is 10.6 Å². The number of halogens is 1. The third-order valence-corrected chi connectivity index (χ3v) is 4.97. The van der Waals surface area contributed by atoms with E-state index >= 15 is 0 Å². The lowest BCUT2D eigenvalue weighted by Gasteiger charge is -2.30. The summed E-state index contributed by atoms with van der Waals surface area (Å²) in [6, 6.07) is 16.1. The van der Waals surface area contributed by atoms with Crippen molar-refractivity contribution in [3.05, 3.63) is 54.1 Å². The Bertz CT molecular complexity index is 828. The van der Waals surface area contributed by atoms with Crippen LogP contribution in [0.1, 0.15) is 12.5 Å². The molecule has 0 saturated carbocycles. The minimum atomic E-state index is -0.0551. The predicted molar refractivity (Wildman–Crippen MR) is 136 cm³/mol. The van der Waals surface area contributed by atoms with Gasteiger partial charge in [0.05, 0.1) is 26.9 Å². The monoisotopic (exact) mass is 540 g/mol. The quantitative estimate of drug-likeness (QED) is 0.305. The second-order valence-corrected chi connectivity index (χ2v) is 7.11. The highest BCUT2D eigenvalue weighted by molar-refractivity contribution is 14.0. The number of para-hydroxylation sites is 3. The van der Waals surface area contributed by atoms with Crippen LogP contribution in [0.2, 0.25) is 0 Å². The summed E-state index contributed by atoms with van der Waals surface area (Å²) in [5.74, 6) is 2.20. The minimum absolute atomic E-state index is 0. The maximum atomic E-state index is 6.00. The van der Waals surface area contributed by atoms with Crippen molar-refractivity contribution >= 4 is 35.6 Å². The van der Waals surface area contributed by atoms with Crippen molar-refractivity contribution in [3.8, 4) is 11.5 Å². The van der Waals surface area contributed by atoms with Crippen LogP contribution in [0.25, 0.3) is 0 Å². The van der Waals surface area contributed by atoms with Crippen LogP contribution in [0, 0.1) is 0 Å². The first kappa shape index (κ1) is 25.1. The number of hydrogen-bond donors (Lipinski definition) is 2. The van der Waals surface area contributed by atoms with E-state index in [-0.39, 0.29) is 30.1 Å². The molecule has 1 heterocycles. The molecule has 2 aromatic carbocycles. The second kappa shape index (κ2) is 13.3. The summed E-state index contributed by atoms with van der Waals surface area (Å²) in [6.07, 6.45) is -0.0551. The van der Waals surface area contributed by atoms with Gasteiger partial charge >= 0.3 is 0 Å². The van der Waals surface area contributed by atoms with Gasteiger partial charge in [0, 0.05) is 32.4 Å². The second-order valence-electron chi connectivity index (χ2n) is 7.11. The Morgan fingerprint density at radius 1 is 1.06 bits per heavy atom. The van der Waals surface area contributed by atoms with Gasteiger partial charge in [-0.05, 0) is 30.7 Å². The van der Waals surface area contributed by atoms with Crippen LogP contribution in [-0.2, 0) is 11.3 Å². The van der Waals surface area contributed by atoms with Crippen molar-refractivity contribution in [2.75, 3.05) is 51.9 Å². The number of ether oxygens (including phenoxy) is 3. The number of methoxy groups -OCH3 is 1. The highest BCUT2D eigenvalue weighted by Crippen LogP contribution is 2.26. The molecular formula is C23H33IN4O3. The van der Waals surface area contributed by atoms with E-state index in [1.165, 1.54) is 11.3 Å². The molecule has 1 fully saturated rings. The van der Waals surface area contributed by atoms with Gasteiger partial charge in [-0.1, -0.05) is 30.3 Å². The molecule has 2 aromatic rings. The molecule has 31 heavy (non-hydrogen) atoms. The van der Waals surface area contributed by atoms with Crippen LogP contribution in [0.4, 0.5) is 5.69 Å². The van der Waals surface area contributed by atoms with E-state index in [2.05, 4.69) is 44.8 Å². The maximum Gasteiger partial charge on any atom is 0.191 e. The molecule has 1 saturated heterocycles. The highest BCUT2D eigenvalue weighted by Gasteiger charge is 2.15. The van der Waals surface area contributed by atoms with Crippen molar-refractivity contribution in [2.45, 2.75) is 19.6 Å². The average molecular weight is 540 g/mol. The molecule has 1 aliphatic heterocycles. The van der Waals surface area contributed by atoms with Crippen molar-refractivity contribution in [2.24, 2.45) is 4.99 Å². The number of benzene rings is 2. The Labute approximate surface area is 202 Å². The number of rotatable bonds is 8. The Hall–Kier alpha value is -2.20. The number of nitrogens with zero attached hydrogens (tertiary/aromatic N) is 2. The van der Waals surface area contributed by atoms with Gasteiger partial charge in [0.15, 0.2) is 17.5 Å². The molecule has 7 nitrogen and oxygen atoms in total. The van der Waals surface area contributed by atoms with E-state index in [1.807, 2.05) is 31.2 Å². The van der Waals surface area contributed by atoms with E-state index in [4.69, 9.17) is 14.2 Å². The summed E-state index contributed by atoms with van der Waals surface area (Å²) in [5, 5.41) is 6.74. The SMILES string of the molecule is CN=C(NCc1ccccc1N1CCOCC1)NCC(C)Oc1ccccc1OC.I. The van der Waals surface area contributed by atoms with Crippen molar-refractivity contribution < 1.29 is 14.2 Å². The lowest BCUT2D eigenvalue weighted by Crippen LogP contribution is -2.42. The van der Waals surface area contributed by atoms with E-state index in [9.17, 15) is 0 Å². The van der Waals surface area contributed by atoms with E-state index < -0.39 is 0 Å². The summed E-state index contributed by atoms with van der Waals surface area (Å²) < 4.78 is 16.8. The summed E-state index contributed by atoms with van der Waals surface area (Å²) in [5.41, 5.74) is 2.48. The van der Waals surface area contributed by atoms with Gasteiger partial charge in [-0.3, -0.25) is 4.99 Å². The molecule has 0 spiro atoms. The molecule has 1 aliphatic rings. The van der Waals surface area contributed by atoms with Gasteiger partial charge < -0.3 is 29.7 Å². The third kappa shape index (κ3) is 7.46. The molecule has 0 radical (unpaired) electrons. The largest absolute Gasteiger partial charge is 0.493 e. The fraction of sp³-hybridized carbons (Fsp3) is 0.435. The smallest absolute Gasteiger partial charge is 0.191 e. The Morgan fingerprint density at radius 2 is 1.74 bits per heavy atom. The van der Waals surface area contributed by atoms with Gasteiger partial charge in [0.1, 0.15) is 6.10 Å². The van der Waals surface area contributed by atoms with Crippen molar-refractivity contribution in [1.29, 1.82) is 0 Å². The molecule has 8 heteroatoms. The fourth-order valence-electron chi connectivity index (χ4n) is 3.39. The maximum absolute atomic E-state index is 6.00. The molecular weight excluding hydrogens is 507 g/mol. The lowest BCUT2D eigenvalue weighted by atomic mass is 10.1. The zero-order valence-electron chi connectivity index (χ0n) is 18.5. The number of aliphatic imine (C=N–C) groups is 1. The first-order valence-electron chi connectivity index (χ1n) is 10.4. The van der Waals surface area contributed by atoms with Crippen LogP contribution in [0.15, 0.2) is 53.5 Å². The number of anilines is 1. The van der Waals surface area contributed by atoms with E-state index in [1.54, 1.807) is 14.2 Å². The molecule has 2 N–H and O–H groups in total. The summed E-state index contributed by atoms with van der Waals surface area (Å²) in [6.45, 7) is 6.70. The molecule has 0 aliphatic carbocycles. The molecule has 0 aromatic heterocycles. The highest BCUT2D eigenvalue weighted by atomic mass is 127. The van der Waals surface area contributed by atoms with Gasteiger partial charge in [0.2, 0.25) is 0 Å². The number of morpholine rings is 1. The van der Waals surface area contributed by atoms with Gasteiger partial charge in [0.25, 0.3) is 0 Å². The molecule has 0 amide bonds. The van der Waals surface area contributed by atoms with Crippen LogP contribution in [0.5, 0.6) is 11.5 Å². The Morgan fingerprint density at radius 3 is 2.45 bits per heavy atom. The van der Waals surface area contributed by atoms with Crippen molar-refractivity contribution in [3.63, 3.8) is 0 Å². The van der Waals surface area contributed by atoms with Gasteiger partial charge in [-0.25, -0.2) is 0 Å². The molecule has 170 valence electrons. The molecule has 1 atom stereocenters. The summed E-state index contributed by atoms with van der Waals surface area (Å²) >= 11 is 0. The first-order chi connectivity index (χ1) is 14.7. The van der Waals surface area contributed by atoms with Gasteiger partial charge in [-0.15, -0.1) is 24.0 Å². The summed E-state index contributed by atoms with van der Waals surface area (Å²) in [4.78, 5) is 6.71. The lowest BCUT2D eigenvalue weighted by molar-refractivity contribution is 0.122. The standard InChI is InChI=1S/C23H32N4O3.HI/c1-18(30-22-11-7-6-10-21(22)28-3)16-25-23(24-2)26-17-19-8-4-5-9-20(19)27-12-14-29-15-13-27;/h4-11,18H,12-17H2,1-3H3,(H2,24,25,26);1H. The fourth-order valence-corrected chi connectivity index (χ4v) is 3.39. The normalized spacial score (nSPS) is 14.9. The number of hydrogen-bond acceptors (Lipinski definition) is 5.